The third-order valence-electron chi connectivity index (χ3n) is 7.04. The molecule has 4 rings (SSSR count). The van der Waals surface area contributed by atoms with Crippen LogP contribution in [0, 0.1) is 11.3 Å². The van der Waals surface area contributed by atoms with E-state index in [2.05, 4.69) is 40.0 Å². The van der Waals surface area contributed by atoms with Gasteiger partial charge in [0.1, 0.15) is 23.2 Å². The van der Waals surface area contributed by atoms with E-state index in [0.29, 0.717) is 41.5 Å². The fraction of sp³-hybridized carbons (Fsp3) is 0.345. The van der Waals surface area contributed by atoms with E-state index < -0.39 is 0 Å². The van der Waals surface area contributed by atoms with Gasteiger partial charge in [0, 0.05) is 42.4 Å². The average molecular weight is 499 g/mol. The minimum absolute atomic E-state index is 0.0504. The van der Waals surface area contributed by atoms with Crippen molar-refractivity contribution in [3.8, 4) is 34.2 Å². The Balaban J connectivity index is 1.50. The van der Waals surface area contributed by atoms with Crippen molar-refractivity contribution in [3.05, 3.63) is 60.2 Å². The molecule has 0 bridgehead atoms. The van der Waals surface area contributed by atoms with Crippen LogP contribution >= 0.6 is 0 Å². The number of likely N-dealkylation sites (tertiary alicyclic amines) is 1. The van der Waals surface area contributed by atoms with Crippen LogP contribution < -0.4 is 11.1 Å². The van der Waals surface area contributed by atoms with Crippen LogP contribution in [0.5, 0.6) is 5.75 Å². The summed E-state index contributed by atoms with van der Waals surface area (Å²) >= 11 is 0. The number of nitrogens with two attached hydrogens (primary N) is 1. The number of nitrogens with zero attached hydrogens (tertiary/aromatic N) is 4. The number of aromatic hydroxyl groups is 1. The molecule has 2 aromatic carbocycles. The first-order chi connectivity index (χ1) is 17.9. The SMILES string of the molecule is CCN1CCC(N(CC)CCC(=O)Nc2cccc(-c3cc(-c4ccccc4O)nc(N)c3C#N)c2)C1. The van der Waals surface area contributed by atoms with Crippen molar-refractivity contribution in [3.63, 3.8) is 0 Å². The number of anilines is 2. The first-order valence-corrected chi connectivity index (χ1v) is 12.8. The van der Waals surface area contributed by atoms with Crippen molar-refractivity contribution in [1.29, 1.82) is 5.26 Å². The molecule has 1 fully saturated rings. The molecule has 1 unspecified atom stereocenters. The maximum absolute atomic E-state index is 12.8. The normalized spacial score (nSPS) is 15.6. The highest BCUT2D eigenvalue weighted by Gasteiger charge is 2.26. The number of phenols is 1. The molecule has 8 heteroatoms. The number of carbonyl (C=O) groups is 1. The number of hydrogen-bond acceptors (Lipinski definition) is 7. The Hall–Kier alpha value is -3.93. The molecule has 0 saturated carbocycles. The Labute approximate surface area is 218 Å². The van der Waals surface area contributed by atoms with Crippen LogP contribution in [-0.4, -0.2) is 64.6 Å². The second kappa shape index (κ2) is 11.9. The fourth-order valence-corrected chi connectivity index (χ4v) is 4.97. The van der Waals surface area contributed by atoms with Gasteiger partial charge in [-0.25, -0.2) is 4.98 Å². The summed E-state index contributed by atoms with van der Waals surface area (Å²) in [6, 6.07) is 18.6. The minimum atomic E-state index is -0.0504. The van der Waals surface area contributed by atoms with Gasteiger partial charge in [-0.15, -0.1) is 0 Å². The molecule has 192 valence electrons. The summed E-state index contributed by atoms with van der Waals surface area (Å²) < 4.78 is 0. The van der Waals surface area contributed by atoms with Crippen LogP contribution in [0.3, 0.4) is 0 Å². The number of nitriles is 1. The lowest BCUT2D eigenvalue weighted by molar-refractivity contribution is -0.116. The monoisotopic (exact) mass is 498 g/mol. The third kappa shape index (κ3) is 6.08. The lowest BCUT2D eigenvalue weighted by atomic mass is 9.97. The Morgan fingerprint density at radius 2 is 2.03 bits per heavy atom. The number of benzene rings is 2. The highest BCUT2D eigenvalue weighted by molar-refractivity contribution is 5.92. The van der Waals surface area contributed by atoms with Crippen LogP contribution in [-0.2, 0) is 4.79 Å². The zero-order chi connectivity index (χ0) is 26.4. The third-order valence-corrected chi connectivity index (χ3v) is 7.04. The van der Waals surface area contributed by atoms with Crippen molar-refractivity contribution in [1.82, 2.24) is 14.8 Å². The molecular weight excluding hydrogens is 464 g/mol. The predicted octanol–water partition coefficient (Wildman–Crippen LogP) is 4.32. The summed E-state index contributed by atoms with van der Waals surface area (Å²) in [5.74, 6) is 0.110. The lowest BCUT2D eigenvalue weighted by Crippen LogP contribution is -2.39. The lowest BCUT2D eigenvalue weighted by Gasteiger charge is -2.27. The Morgan fingerprint density at radius 1 is 1.22 bits per heavy atom. The molecule has 8 nitrogen and oxygen atoms in total. The summed E-state index contributed by atoms with van der Waals surface area (Å²) in [5.41, 5.74) is 9.32. The number of nitrogen functional groups attached to an aromatic ring is 1. The van der Waals surface area contributed by atoms with Gasteiger partial charge in [0.25, 0.3) is 0 Å². The van der Waals surface area contributed by atoms with Crippen LogP contribution in [0.15, 0.2) is 54.6 Å². The molecule has 1 aliphatic heterocycles. The first-order valence-electron chi connectivity index (χ1n) is 12.8. The molecule has 1 aliphatic rings. The molecule has 0 radical (unpaired) electrons. The van der Waals surface area contributed by atoms with Gasteiger partial charge in [0.15, 0.2) is 0 Å². The molecule has 2 heterocycles. The van der Waals surface area contributed by atoms with Crippen LogP contribution in [0.2, 0.25) is 0 Å². The molecule has 3 aromatic rings. The smallest absolute Gasteiger partial charge is 0.225 e. The molecule has 1 amide bonds. The van der Waals surface area contributed by atoms with Gasteiger partial charge in [0.2, 0.25) is 5.91 Å². The maximum atomic E-state index is 12.8. The van der Waals surface area contributed by atoms with E-state index in [-0.39, 0.29) is 23.0 Å². The summed E-state index contributed by atoms with van der Waals surface area (Å²) in [6.07, 6.45) is 1.55. The predicted molar refractivity (Wildman–Crippen MR) is 147 cm³/mol. The van der Waals surface area contributed by atoms with Gasteiger partial charge in [0.05, 0.1) is 5.69 Å². The molecule has 4 N–H and O–H groups in total. The summed E-state index contributed by atoms with van der Waals surface area (Å²) in [4.78, 5) is 22.0. The van der Waals surface area contributed by atoms with Crippen molar-refractivity contribution < 1.29 is 9.90 Å². The number of phenolic OH excluding ortho intramolecular Hbond substituents is 1. The van der Waals surface area contributed by atoms with E-state index in [9.17, 15) is 15.2 Å². The summed E-state index contributed by atoms with van der Waals surface area (Å²) in [7, 11) is 0. The quantitative estimate of drug-likeness (QED) is 0.402. The number of hydrogen-bond donors (Lipinski definition) is 3. The van der Waals surface area contributed by atoms with Gasteiger partial charge >= 0.3 is 0 Å². The fourth-order valence-electron chi connectivity index (χ4n) is 4.97. The van der Waals surface area contributed by atoms with Crippen LogP contribution in [0.4, 0.5) is 11.5 Å². The standard InChI is InChI=1S/C29H34N6O2/c1-3-34-14-12-22(19-34)35(4-2)15-13-28(37)32-21-9-7-8-20(16-21)24-17-26(33-29(31)25(24)18-30)23-10-5-6-11-27(23)36/h5-11,16-17,22,36H,3-4,12-15,19H2,1-2H3,(H2,31,33)(H,32,37). The van der Waals surface area contributed by atoms with Crippen LogP contribution in [0.25, 0.3) is 22.4 Å². The molecule has 37 heavy (non-hydrogen) atoms. The summed E-state index contributed by atoms with van der Waals surface area (Å²) in [5, 5.41) is 23.1. The van der Waals surface area contributed by atoms with Gasteiger partial charge in [-0.05, 0) is 62.0 Å². The number of nitrogens with one attached hydrogen (secondary N) is 1. The molecular formula is C29H34N6O2. The Bertz CT molecular complexity index is 1300. The van der Waals surface area contributed by atoms with Crippen molar-refractivity contribution in [2.24, 2.45) is 0 Å². The molecule has 1 atom stereocenters. The van der Waals surface area contributed by atoms with Gasteiger partial charge in [-0.1, -0.05) is 38.1 Å². The molecule has 0 aliphatic carbocycles. The van der Waals surface area contributed by atoms with Gasteiger partial charge in [-0.2, -0.15) is 5.26 Å². The number of likely N-dealkylation sites (N-methyl/N-ethyl adjacent to an activating group) is 2. The molecule has 0 spiro atoms. The molecule has 1 saturated heterocycles. The molecule has 1 aromatic heterocycles. The highest BCUT2D eigenvalue weighted by atomic mass is 16.3. The zero-order valence-corrected chi connectivity index (χ0v) is 21.4. The number of pyridine rings is 1. The maximum Gasteiger partial charge on any atom is 0.225 e. The average Bonchev–Trinajstić information content (AvgIpc) is 3.38. The van der Waals surface area contributed by atoms with Crippen molar-refractivity contribution in [2.45, 2.75) is 32.7 Å². The second-order valence-electron chi connectivity index (χ2n) is 9.29. The van der Waals surface area contributed by atoms with E-state index in [0.717, 1.165) is 38.2 Å². The zero-order valence-electron chi connectivity index (χ0n) is 21.4. The number of amides is 1. The summed E-state index contributed by atoms with van der Waals surface area (Å²) in [6.45, 7) is 9.21. The number of carbonyl (C=O) groups excluding carboxylic acids is 1. The van der Waals surface area contributed by atoms with E-state index in [1.54, 1.807) is 30.3 Å². The van der Waals surface area contributed by atoms with Gasteiger partial charge in [-0.3, -0.25) is 9.69 Å². The number of rotatable bonds is 9. The number of para-hydroxylation sites is 1. The highest BCUT2D eigenvalue weighted by Crippen LogP contribution is 2.35. The largest absolute Gasteiger partial charge is 0.507 e. The topological polar surface area (TPSA) is 119 Å². The van der Waals surface area contributed by atoms with E-state index in [4.69, 9.17) is 5.73 Å². The van der Waals surface area contributed by atoms with E-state index in [1.807, 2.05) is 24.3 Å². The van der Waals surface area contributed by atoms with Crippen LogP contribution in [0.1, 0.15) is 32.3 Å². The second-order valence-corrected chi connectivity index (χ2v) is 9.29. The van der Waals surface area contributed by atoms with Gasteiger partial charge < -0.3 is 21.1 Å². The minimum Gasteiger partial charge on any atom is -0.507 e. The Morgan fingerprint density at radius 3 is 2.73 bits per heavy atom. The van der Waals surface area contributed by atoms with Crippen molar-refractivity contribution >= 4 is 17.4 Å². The van der Waals surface area contributed by atoms with E-state index >= 15 is 0 Å². The first kappa shape index (κ1) is 26.1. The van der Waals surface area contributed by atoms with E-state index in [1.165, 1.54) is 0 Å². The van der Waals surface area contributed by atoms with Crippen molar-refractivity contribution in [2.75, 3.05) is 43.8 Å². The Kier molecular flexibility index (Phi) is 8.39. The number of aromatic nitrogens is 1.